The molecule has 1 aromatic heterocycles. The molecule has 5 rings (SSSR count). The predicted molar refractivity (Wildman–Crippen MR) is 176 cm³/mol. The molecule has 2 aliphatic rings. The van der Waals surface area contributed by atoms with E-state index in [1.807, 2.05) is 42.5 Å². The van der Waals surface area contributed by atoms with Gasteiger partial charge in [0.2, 0.25) is 0 Å². The summed E-state index contributed by atoms with van der Waals surface area (Å²) in [5.41, 5.74) is 5.40. The van der Waals surface area contributed by atoms with Gasteiger partial charge in [0.05, 0.1) is 0 Å². The summed E-state index contributed by atoms with van der Waals surface area (Å²) in [5.74, 6) is 0. The molecule has 0 N–H and O–H groups in total. The van der Waals surface area contributed by atoms with E-state index in [0.29, 0.717) is 0 Å². The summed E-state index contributed by atoms with van der Waals surface area (Å²) in [6.07, 6.45) is 8.39. The zero-order valence-electron chi connectivity index (χ0n) is 24.4. The van der Waals surface area contributed by atoms with Crippen molar-refractivity contribution in [2.24, 2.45) is 0 Å². The lowest BCUT2D eigenvalue weighted by atomic mass is 10.0. The molecule has 0 atom stereocenters. The first-order chi connectivity index (χ1) is 20.0. The van der Waals surface area contributed by atoms with E-state index in [4.69, 9.17) is 11.6 Å². The van der Waals surface area contributed by atoms with Crippen LogP contribution < -0.4 is 4.90 Å². The first kappa shape index (κ1) is 30.7. The topological polar surface area (TPSA) is 29.1 Å². The molecule has 0 unspecified atom stereocenters. The van der Waals surface area contributed by atoms with E-state index in [-0.39, 0.29) is 0 Å². The standard InChI is InChI=1S/C32H43ClN6S2/c1-35(2)31-8-10-32(11-9-31)40-37-19-3-17-36(25-27-12-15-34-16-13-27)18-4-21-38(22-5-20-37)41-39-23-14-28-24-30(33)7-6-29(28)26-39/h6-13,15-16,24H,3-5,14,17-23,25-26H2,1-2H3. The van der Waals surface area contributed by atoms with E-state index in [9.17, 15) is 0 Å². The predicted octanol–water partition coefficient (Wildman–Crippen LogP) is 6.72. The first-order valence-electron chi connectivity index (χ1n) is 14.8. The highest BCUT2D eigenvalue weighted by Gasteiger charge is 2.21. The monoisotopic (exact) mass is 610 g/mol. The zero-order valence-corrected chi connectivity index (χ0v) is 26.8. The fraction of sp³-hybridized carbons (Fsp3) is 0.469. The molecule has 2 aliphatic heterocycles. The molecule has 220 valence electrons. The third-order valence-corrected chi connectivity index (χ3v) is 10.2. The van der Waals surface area contributed by atoms with Crippen molar-refractivity contribution in [1.82, 2.24) is 22.8 Å². The van der Waals surface area contributed by atoms with Gasteiger partial charge in [-0.15, -0.1) is 0 Å². The molecular weight excluding hydrogens is 568 g/mol. The van der Waals surface area contributed by atoms with E-state index < -0.39 is 0 Å². The summed E-state index contributed by atoms with van der Waals surface area (Å²) in [7, 11) is 4.19. The zero-order chi connectivity index (χ0) is 28.4. The van der Waals surface area contributed by atoms with Crippen molar-refractivity contribution in [2.75, 3.05) is 64.8 Å². The molecule has 3 heterocycles. The Morgan fingerprint density at radius 3 is 2.15 bits per heavy atom. The van der Waals surface area contributed by atoms with Crippen LogP contribution in [0.25, 0.3) is 0 Å². The largest absolute Gasteiger partial charge is 0.378 e. The number of hydrogen-bond acceptors (Lipinski definition) is 8. The van der Waals surface area contributed by atoms with Gasteiger partial charge in [0.1, 0.15) is 0 Å². The third-order valence-electron chi connectivity index (χ3n) is 7.70. The highest BCUT2D eigenvalue weighted by molar-refractivity contribution is 7.97. The van der Waals surface area contributed by atoms with Crippen molar-refractivity contribution in [3.05, 3.63) is 88.7 Å². The van der Waals surface area contributed by atoms with Crippen LogP contribution in [0.1, 0.15) is 36.0 Å². The van der Waals surface area contributed by atoms with E-state index in [1.54, 1.807) is 0 Å². The Hall–Kier alpha value is -1.78. The summed E-state index contributed by atoms with van der Waals surface area (Å²) < 4.78 is 7.73. The molecule has 0 bridgehead atoms. The van der Waals surface area contributed by atoms with Crippen LogP contribution in [0.2, 0.25) is 5.02 Å². The van der Waals surface area contributed by atoms with E-state index in [1.165, 1.54) is 40.1 Å². The second-order valence-electron chi connectivity index (χ2n) is 11.1. The Labute approximate surface area is 260 Å². The van der Waals surface area contributed by atoms with Gasteiger partial charge in [-0.2, -0.15) is 0 Å². The molecule has 0 radical (unpaired) electrons. The van der Waals surface area contributed by atoms with Gasteiger partial charge in [0.15, 0.2) is 0 Å². The van der Waals surface area contributed by atoms with Crippen LogP contribution in [0.15, 0.2) is 71.9 Å². The molecule has 9 heteroatoms. The summed E-state index contributed by atoms with van der Waals surface area (Å²) in [6.45, 7) is 9.61. The highest BCUT2D eigenvalue weighted by atomic mass is 35.5. The van der Waals surface area contributed by atoms with E-state index >= 15 is 0 Å². The molecular formula is C32H43ClN6S2. The second kappa shape index (κ2) is 15.6. The normalized spacial score (nSPS) is 18.8. The number of pyridine rings is 1. The summed E-state index contributed by atoms with van der Waals surface area (Å²) in [4.78, 5) is 10.3. The lowest BCUT2D eigenvalue weighted by molar-refractivity contribution is 0.235. The molecule has 1 fully saturated rings. The van der Waals surface area contributed by atoms with Crippen molar-refractivity contribution >= 4 is 41.4 Å². The fourth-order valence-corrected chi connectivity index (χ4v) is 7.77. The van der Waals surface area contributed by atoms with Gasteiger partial charge in [-0.05, 0) is 116 Å². The average molecular weight is 611 g/mol. The van der Waals surface area contributed by atoms with Gasteiger partial charge in [-0.3, -0.25) is 9.88 Å². The Morgan fingerprint density at radius 1 is 0.756 bits per heavy atom. The minimum absolute atomic E-state index is 0.848. The van der Waals surface area contributed by atoms with Crippen molar-refractivity contribution < 1.29 is 0 Å². The van der Waals surface area contributed by atoms with Crippen LogP contribution in [-0.4, -0.2) is 82.7 Å². The minimum atomic E-state index is 0.848. The maximum Gasteiger partial charge on any atom is 0.0408 e. The highest BCUT2D eigenvalue weighted by Crippen LogP contribution is 2.30. The quantitative estimate of drug-likeness (QED) is 0.272. The molecule has 0 amide bonds. The molecule has 6 nitrogen and oxygen atoms in total. The second-order valence-corrected chi connectivity index (χ2v) is 13.9. The van der Waals surface area contributed by atoms with Crippen molar-refractivity contribution in [3.8, 4) is 0 Å². The van der Waals surface area contributed by atoms with Crippen LogP contribution in [0.5, 0.6) is 0 Å². The van der Waals surface area contributed by atoms with Gasteiger partial charge in [0.25, 0.3) is 0 Å². The van der Waals surface area contributed by atoms with Gasteiger partial charge in [-0.25, -0.2) is 12.9 Å². The third kappa shape index (κ3) is 9.61. The number of halogens is 1. The van der Waals surface area contributed by atoms with E-state index in [2.05, 4.69) is 90.3 Å². The van der Waals surface area contributed by atoms with Gasteiger partial charge < -0.3 is 4.90 Å². The first-order valence-corrected chi connectivity index (χ1v) is 16.7. The molecule has 0 spiro atoms. The van der Waals surface area contributed by atoms with Crippen molar-refractivity contribution in [1.29, 1.82) is 0 Å². The molecule has 1 saturated heterocycles. The Morgan fingerprint density at radius 2 is 1.44 bits per heavy atom. The summed E-state index contributed by atoms with van der Waals surface area (Å²) >= 11 is 10.1. The molecule has 41 heavy (non-hydrogen) atoms. The van der Waals surface area contributed by atoms with Crippen molar-refractivity contribution in [3.63, 3.8) is 0 Å². The fourth-order valence-electron chi connectivity index (χ4n) is 5.46. The number of benzene rings is 2. The molecule has 0 aliphatic carbocycles. The lowest BCUT2D eigenvalue weighted by Crippen LogP contribution is -2.35. The van der Waals surface area contributed by atoms with Gasteiger partial charge in [0, 0.05) is 100 Å². The maximum absolute atomic E-state index is 6.26. The number of fused-ring (bicyclic) bond motifs is 1. The Balaban J connectivity index is 1.24. The maximum atomic E-state index is 6.26. The Kier molecular flexibility index (Phi) is 11.7. The van der Waals surface area contributed by atoms with Gasteiger partial charge >= 0.3 is 0 Å². The average Bonchev–Trinajstić information content (AvgIpc) is 2.97. The number of nitrogens with zero attached hydrogens (tertiary/aromatic N) is 6. The van der Waals surface area contributed by atoms with Crippen molar-refractivity contribution in [2.45, 2.75) is 43.7 Å². The number of anilines is 1. The number of hydrogen-bond donors (Lipinski definition) is 0. The van der Waals surface area contributed by atoms with Crippen LogP contribution in [0.4, 0.5) is 5.69 Å². The number of aromatic nitrogens is 1. The molecule has 0 saturated carbocycles. The summed E-state index contributed by atoms with van der Waals surface area (Å²) in [5, 5.41) is 0.848. The van der Waals surface area contributed by atoms with Crippen LogP contribution in [0, 0.1) is 0 Å². The van der Waals surface area contributed by atoms with Crippen LogP contribution >= 0.6 is 35.7 Å². The van der Waals surface area contributed by atoms with E-state index in [0.717, 1.165) is 76.8 Å². The Bertz CT molecular complexity index is 1210. The van der Waals surface area contributed by atoms with Crippen LogP contribution in [0.3, 0.4) is 0 Å². The smallest absolute Gasteiger partial charge is 0.0408 e. The van der Waals surface area contributed by atoms with Gasteiger partial charge in [-0.1, -0.05) is 17.7 Å². The molecule has 3 aromatic rings. The molecule has 2 aromatic carbocycles. The SMILES string of the molecule is CN(C)c1ccc(SN2CCCN(Cc3ccncc3)CCCN(SN3CCc4cc(Cl)ccc4C3)CCC2)cc1. The summed E-state index contributed by atoms with van der Waals surface area (Å²) in [6, 6.07) is 19.6. The number of rotatable bonds is 7. The van der Waals surface area contributed by atoms with Crippen LogP contribution in [-0.2, 0) is 19.5 Å². The lowest BCUT2D eigenvalue weighted by Gasteiger charge is -2.34. The minimum Gasteiger partial charge on any atom is -0.378 e.